The van der Waals surface area contributed by atoms with Crippen LogP contribution in [0.15, 0.2) is 40.8 Å². The van der Waals surface area contributed by atoms with Gasteiger partial charge in [-0.3, -0.25) is 4.79 Å². The predicted molar refractivity (Wildman–Crippen MR) is 93.2 cm³/mol. The Morgan fingerprint density at radius 2 is 1.80 bits per heavy atom. The molecule has 0 bridgehead atoms. The van der Waals surface area contributed by atoms with Crippen LogP contribution in [0.3, 0.4) is 0 Å². The van der Waals surface area contributed by atoms with Crippen LogP contribution in [0.5, 0.6) is 0 Å². The van der Waals surface area contributed by atoms with Crippen molar-refractivity contribution in [3.8, 4) is 0 Å². The molecule has 2 rings (SSSR count). The van der Waals surface area contributed by atoms with Gasteiger partial charge in [-0.25, -0.2) is 12.8 Å². The minimum atomic E-state index is -3.49. The van der Waals surface area contributed by atoms with Crippen LogP contribution in [0.1, 0.15) is 42.1 Å². The van der Waals surface area contributed by atoms with Gasteiger partial charge in [0, 0.05) is 6.54 Å². The summed E-state index contributed by atoms with van der Waals surface area (Å²) in [5.74, 6) is -0.535. The van der Waals surface area contributed by atoms with E-state index < -0.39 is 15.7 Å². The number of halogens is 1. The molecule has 136 valence electrons. The van der Waals surface area contributed by atoms with Gasteiger partial charge in [0.2, 0.25) is 0 Å². The van der Waals surface area contributed by atoms with E-state index in [1.165, 1.54) is 36.4 Å². The lowest BCUT2D eigenvalue weighted by molar-refractivity contribution is 0.0922. The second kappa shape index (κ2) is 8.29. The average molecular weight is 367 g/mol. The molecule has 1 amide bonds. The van der Waals surface area contributed by atoms with Gasteiger partial charge < -0.3 is 9.73 Å². The summed E-state index contributed by atoms with van der Waals surface area (Å²) in [6, 6.07) is 8.26. The number of hydrogen-bond acceptors (Lipinski definition) is 4. The average Bonchev–Trinajstić information content (AvgIpc) is 2.96. The third-order valence-electron chi connectivity index (χ3n) is 3.55. The molecule has 0 atom stereocenters. The SMILES string of the molecule is CC(C)CCNC(=O)c1ccc(CS(=O)(=O)Cc2ccc(F)cc2)o1. The van der Waals surface area contributed by atoms with Crippen LogP contribution in [-0.2, 0) is 21.3 Å². The lowest BCUT2D eigenvalue weighted by Gasteiger charge is -2.05. The highest BCUT2D eigenvalue weighted by Gasteiger charge is 2.18. The number of rotatable bonds is 8. The van der Waals surface area contributed by atoms with Crippen LogP contribution in [0.2, 0.25) is 0 Å². The zero-order valence-corrected chi connectivity index (χ0v) is 15.1. The molecule has 0 aliphatic carbocycles. The molecule has 1 aromatic carbocycles. The third-order valence-corrected chi connectivity index (χ3v) is 5.05. The molecule has 0 aliphatic heterocycles. The molecule has 1 aromatic heterocycles. The summed E-state index contributed by atoms with van der Waals surface area (Å²) in [4.78, 5) is 11.9. The number of sulfone groups is 1. The van der Waals surface area contributed by atoms with Crippen molar-refractivity contribution in [1.82, 2.24) is 5.32 Å². The normalized spacial score (nSPS) is 11.7. The molecule has 0 unspecified atom stereocenters. The minimum absolute atomic E-state index is 0.0933. The van der Waals surface area contributed by atoms with E-state index in [1.54, 1.807) is 0 Å². The summed E-state index contributed by atoms with van der Waals surface area (Å²) >= 11 is 0. The van der Waals surface area contributed by atoms with Gasteiger partial charge in [0.15, 0.2) is 15.6 Å². The first kappa shape index (κ1) is 19.2. The Morgan fingerprint density at radius 3 is 2.44 bits per heavy atom. The summed E-state index contributed by atoms with van der Waals surface area (Å²) in [6.45, 7) is 4.65. The van der Waals surface area contributed by atoms with Gasteiger partial charge >= 0.3 is 0 Å². The van der Waals surface area contributed by atoms with Crippen molar-refractivity contribution in [1.29, 1.82) is 0 Å². The number of amides is 1. The van der Waals surface area contributed by atoms with E-state index in [4.69, 9.17) is 4.42 Å². The number of furan rings is 1. The first-order valence-electron chi connectivity index (χ1n) is 8.07. The topological polar surface area (TPSA) is 76.4 Å². The van der Waals surface area contributed by atoms with Crippen molar-refractivity contribution in [3.05, 3.63) is 59.3 Å². The molecule has 1 heterocycles. The maximum Gasteiger partial charge on any atom is 0.286 e. The number of benzene rings is 1. The fourth-order valence-corrected chi connectivity index (χ4v) is 3.63. The molecular weight excluding hydrogens is 345 g/mol. The third kappa shape index (κ3) is 6.34. The fourth-order valence-electron chi connectivity index (χ4n) is 2.24. The van der Waals surface area contributed by atoms with Gasteiger partial charge in [0.1, 0.15) is 17.3 Å². The van der Waals surface area contributed by atoms with Crippen LogP contribution in [-0.4, -0.2) is 20.9 Å². The van der Waals surface area contributed by atoms with E-state index in [0.717, 1.165) is 6.42 Å². The number of nitrogens with one attached hydrogen (secondary N) is 1. The first-order chi connectivity index (χ1) is 11.7. The number of carbonyl (C=O) groups excluding carboxylic acids is 1. The van der Waals surface area contributed by atoms with Gasteiger partial charge in [-0.1, -0.05) is 26.0 Å². The maximum atomic E-state index is 12.9. The Bertz CT molecular complexity index is 810. The van der Waals surface area contributed by atoms with E-state index in [2.05, 4.69) is 19.2 Å². The smallest absolute Gasteiger partial charge is 0.286 e. The highest BCUT2D eigenvalue weighted by molar-refractivity contribution is 7.89. The highest BCUT2D eigenvalue weighted by Crippen LogP contribution is 2.16. The van der Waals surface area contributed by atoms with Crippen molar-refractivity contribution >= 4 is 15.7 Å². The van der Waals surface area contributed by atoms with Gasteiger partial charge in [0.25, 0.3) is 5.91 Å². The van der Waals surface area contributed by atoms with Crippen LogP contribution < -0.4 is 5.32 Å². The maximum absolute atomic E-state index is 12.9. The minimum Gasteiger partial charge on any atom is -0.455 e. The molecular formula is C18H22FNO4S. The molecule has 25 heavy (non-hydrogen) atoms. The first-order valence-corrected chi connectivity index (χ1v) is 9.89. The van der Waals surface area contributed by atoms with Crippen molar-refractivity contribution in [2.45, 2.75) is 31.8 Å². The highest BCUT2D eigenvalue weighted by atomic mass is 32.2. The van der Waals surface area contributed by atoms with Gasteiger partial charge in [-0.2, -0.15) is 0 Å². The van der Waals surface area contributed by atoms with E-state index in [-0.39, 0.29) is 28.9 Å². The Kier molecular flexibility index (Phi) is 6.36. The summed E-state index contributed by atoms with van der Waals surface area (Å²) in [5.41, 5.74) is 0.500. The van der Waals surface area contributed by atoms with Crippen LogP contribution in [0.25, 0.3) is 0 Å². The zero-order chi connectivity index (χ0) is 18.4. The Hall–Kier alpha value is -2.15. The fraction of sp³-hybridized carbons (Fsp3) is 0.389. The van der Waals surface area contributed by atoms with E-state index in [0.29, 0.717) is 18.0 Å². The molecule has 0 fully saturated rings. The van der Waals surface area contributed by atoms with Gasteiger partial charge in [0.05, 0.1) is 5.75 Å². The summed E-state index contributed by atoms with van der Waals surface area (Å²) in [6.07, 6.45) is 0.853. The van der Waals surface area contributed by atoms with Crippen molar-refractivity contribution < 1.29 is 22.0 Å². The molecule has 0 spiro atoms. The molecule has 0 saturated carbocycles. The second-order valence-electron chi connectivity index (χ2n) is 6.36. The standard InChI is InChI=1S/C18H22FNO4S/c1-13(2)9-10-20-18(21)17-8-7-16(24-17)12-25(22,23)11-14-3-5-15(19)6-4-14/h3-8,13H,9-12H2,1-2H3,(H,20,21). The summed E-state index contributed by atoms with van der Waals surface area (Å²) in [5, 5.41) is 2.73. The Morgan fingerprint density at radius 1 is 1.12 bits per heavy atom. The molecule has 1 N–H and O–H groups in total. The summed E-state index contributed by atoms with van der Waals surface area (Å²) in [7, 11) is -3.49. The van der Waals surface area contributed by atoms with Crippen molar-refractivity contribution in [2.24, 2.45) is 5.92 Å². The number of carbonyl (C=O) groups is 1. The van der Waals surface area contributed by atoms with E-state index in [9.17, 15) is 17.6 Å². The van der Waals surface area contributed by atoms with Gasteiger partial charge in [-0.15, -0.1) is 0 Å². The lowest BCUT2D eigenvalue weighted by Crippen LogP contribution is -2.24. The Balaban J connectivity index is 1.95. The molecule has 0 saturated heterocycles. The molecule has 2 aromatic rings. The Labute approximate surface area is 147 Å². The summed E-state index contributed by atoms with van der Waals surface area (Å²) < 4.78 is 42.7. The second-order valence-corrected chi connectivity index (χ2v) is 8.43. The molecule has 0 aliphatic rings. The van der Waals surface area contributed by atoms with Crippen LogP contribution in [0.4, 0.5) is 4.39 Å². The van der Waals surface area contributed by atoms with E-state index >= 15 is 0 Å². The molecule has 5 nitrogen and oxygen atoms in total. The van der Waals surface area contributed by atoms with E-state index in [1.807, 2.05) is 0 Å². The van der Waals surface area contributed by atoms with Crippen LogP contribution >= 0.6 is 0 Å². The molecule has 7 heteroatoms. The predicted octanol–water partition coefficient (Wildman–Crippen LogP) is 3.31. The number of hydrogen-bond donors (Lipinski definition) is 1. The monoisotopic (exact) mass is 367 g/mol. The van der Waals surface area contributed by atoms with Crippen molar-refractivity contribution in [3.63, 3.8) is 0 Å². The van der Waals surface area contributed by atoms with Gasteiger partial charge in [-0.05, 0) is 42.2 Å². The largest absolute Gasteiger partial charge is 0.455 e. The molecule has 0 radical (unpaired) electrons. The quantitative estimate of drug-likeness (QED) is 0.777. The van der Waals surface area contributed by atoms with Crippen molar-refractivity contribution in [2.75, 3.05) is 6.54 Å². The van der Waals surface area contributed by atoms with Crippen LogP contribution in [0, 0.1) is 11.7 Å². The lowest BCUT2D eigenvalue weighted by atomic mass is 10.1. The zero-order valence-electron chi connectivity index (χ0n) is 14.3.